The van der Waals surface area contributed by atoms with E-state index in [-0.39, 0.29) is 12.2 Å². The largest absolute Gasteiger partial charge is 0.443 e. The third-order valence-corrected chi connectivity index (χ3v) is 4.16. The summed E-state index contributed by atoms with van der Waals surface area (Å²) in [5.74, 6) is -1.71. The monoisotopic (exact) mass is 346 g/mol. The molecule has 1 fully saturated rings. The molecule has 1 aliphatic rings. The zero-order chi connectivity index (χ0) is 17.8. The van der Waals surface area contributed by atoms with Gasteiger partial charge in [-0.2, -0.15) is 0 Å². The summed E-state index contributed by atoms with van der Waals surface area (Å²) in [7, 11) is 1.69. The maximum atomic E-state index is 13.5. The van der Waals surface area contributed by atoms with Crippen LogP contribution >= 0.6 is 0 Å². The number of nitrogens with zero attached hydrogens (tertiary/aromatic N) is 2. The molecule has 25 heavy (non-hydrogen) atoms. The van der Waals surface area contributed by atoms with Gasteiger partial charge < -0.3 is 9.64 Å². The molecule has 2 aromatic carbocycles. The lowest BCUT2D eigenvalue weighted by Crippen LogP contribution is -2.34. The number of halogens is 2. The van der Waals surface area contributed by atoms with Crippen molar-refractivity contribution in [2.45, 2.75) is 19.2 Å². The third kappa shape index (κ3) is 4.54. The molecule has 0 spiro atoms. The lowest BCUT2D eigenvalue weighted by atomic mass is 10.1. The molecule has 0 unspecified atom stereocenters. The number of amides is 1. The molecule has 132 valence electrons. The standard InChI is InChI=1S/C19H20F2N2O2/c1-22-12-16(25-19(22)24)13-23(10-14-5-3-2-4-6-14)11-15-7-8-17(20)18(21)9-15/h2-9,16H,10-13H2,1H3/t16-/m0/s1. The van der Waals surface area contributed by atoms with Crippen LogP contribution < -0.4 is 0 Å². The first kappa shape index (κ1) is 17.4. The number of cyclic esters (lactones) is 1. The van der Waals surface area contributed by atoms with Crippen LogP contribution in [0.2, 0.25) is 0 Å². The fraction of sp³-hybridized carbons (Fsp3) is 0.316. The molecule has 0 N–H and O–H groups in total. The van der Waals surface area contributed by atoms with Crippen LogP contribution in [0.5, 0.6) is 0 Å². The maximum Gasteiger partial charge on any atom is 0.410 e. The SMILES string of the molecule is CN1C[C@@H](CN(Cc2ccccc2)Cc2ccc(F)c(F)c2)OC1=O. The summed E-state index contributed by atoms with van der Waals surface area (Å²) in [6.45, 7) is 2.09. The molecular weight excluding hydrogens is 326 g/mol. The molecule has 1 saturated heterocycles. The van der Waals surface area contributed by atoms with E-state index in [0.717, 1.165) is 11.6 Å². The Labute approximate surface area is 145 Å². The molecular formula is C19H20F2N2O2. The highest BCUT2D eigenvalue weighted by Crippen LogP contribution is 2.17. The zero-order valence-electron chi connectivity index (χ0n) is 14.0. The van der Waals surface area contributed by atoms with Gasteiger partial charge in [-0.15, -0.1) is 0 Å². The first-order valence-electron chi connectivity index (χ1n) is 8.13. The predicted molar refractivity (Wildman–Crippen MR) is 89.8 cm³/mol. The van der Waals surface area contributed by atoms with Gasteiger partial charge in [-0.3, -0.25) is 4.90 Å². The number of rotatable bonds is 6. The normalized spacial score (nSPS) is 17.2. The Morgan fingerprint density at radius 2 is 1.80 bits per heavy atom. The van der Waals surface area contributed by atoms with Crippen LogP contribution in [0.15, 0.2) is 48.5 Å². The van der Waals surface area contributed by atoms with E-state index in [1.165, 1.54) is 11.0 Å². The fourth-order valence-electron chi connectivity index (χ4n) is 2.96. The minimum atomic E-state index is -0.857. The van der Waals surface area contributed by atoms with E-state index in [9.17, 15) is 13.6 Å². The number of carbonyl (C=O) groups is 1. The number of likely N-dealkylation sites (N-methyl/N-ethyl adjacent to an activating group) is 1. The molecule has 0 aliphatic carbocycles. The van der Waals surface area contributed by atoms with Crippen molar-refractivity contribution in [1.29, 1.82) is 0 Å². The van der Waals surface area contributed by atoms with Crippen LogP contribution in [0.4, 0.5) is 13.6 Å². The number of hydrogen-bond donors (Lipinski definition) is 0. The molecule has 1 heterocycles. The number of hydrogen-bond acceptors (Lipinski definition) is 3. The van der Waals surface area contributed by atoms with Crippen molar-refractivity contribution in [3.63, 3.8) is 0 Å². The van der Waals surface area contributed by atoms with Crippen molar-refractivity contribution < 1.29 is 18.3 Å². The van der Waals surface area contributed by atoms with Crippen molar-refractivity contribution in [1.82, 2.24) is 9.80 Å². The highest BCUT2D eigenvalue weighted by atomic mass is 19.2. The molecule has 1 amide bonds. The highest BCUT2D eigenvalue weighted by Gasteiger charge is 2.29. The summed E-state index contributed by atoms with van der Waals surface area (Å²) in [5, 5.41) is 0. The van der Waals surface area contributed by atoms with Crippen LogP contribution in [0, 0.1) is 11.6 Å². The molecule has 0 radical (unpaired) electrons. The second-order valence-electron chi connectivity index (χ2n) is 6.29. The number of ether oxygens (including phenoxy) is 1. The van der Waals surface area contributed by atoms with Crippen LogP contribution in [0.25, 0.3) is 0 Å². The minimum Gasteiger partial charge on any atom is -0.443 e. The molecule has 6 heteroatoms. The van der Waals surface area contributed by atoms with Crippen LogP contribution in [0.1, 0.15) is 11.1 Å². The van der Waals surface area contributed by atoms with Crippen LogP contribution in [-0.2, 0) is 17.8 Å². The Kier molecular flexibility index (Phi) is 5.28. The molecule has 1 aliphatic heterocycles. The van der Waals surface area contributed by atoms with E-state index in [1.54, 1.807) is 13.1 Å². The van der Waals surface area contributed by atoms with Gasteiger partial charge >= 0.3 is 6.09 Å². The molecule has 1 atom stereocenters. The molecule has 4 nitrogen and oxygen atoms in total. The van der Waals surface area contributed by atoms with Crippen molar-refractivity contribution in [3.05, 3.63) is 71.3 Å². The van der Waals surface area contributed by atoms with E-state index in [0.29, 0.717) is 31.7 Å². The maximum absolute atomic E-state index is 13.5. The zero-order valence-corrected chi connectivity index (χ0v) is 14.0. The first-order chi connectivity index (χ1) is 12.0. The second-order valence-corrected chi connectivity index (χ2v) is 6.29. The van der Waals surface area contributed by atoms with Gasteiger partial charge in [0.1, 0.15) is 6.10 Å². The smallest absolute Gasteiger partial charge is 0.410 e. The summed E-state index contributed by atoms with van der Waals surface area (Å²) < 4.78 is 32.0. The second kappa shape index (κ2) is 7.61. The van der Waals surface area contributed by atoms with Crippen LogP contribution in [-0.4, -0.2) is 42.1 Å². The van der Waals surface area contributed by atoms with E-state index in [1.807, 2.05) is 30.3 Å². The Hall–Kier alpha value is -2.47. The molecule has 0 saturated carbocycles. The van der Waals surface area contributed by atoms with E-state index < -0.39 is 11.6 Å². The van der Waals surface area contributed by atoms with Crippen LogP contribution in [0.3, 0.4) is 0 Å². The average molecular weight is 346 g/mol. The van der Waals surface area contributed by atoms with Gasteiger partial charge in [0.05, 0.1) is 6.54 Å². The molecule has 2 aromatic rings. The molecule has 0 bridgehead atoms. The minimum absolute atomic E-state index is 0.244. The predicted octanol–water partition coefficient (Wildman–Crippen LogP) is 3.42. The van der Waals surface area contributed by atoms with Gasteiger partial charge in [-0.1, -0.05) is 36.4 Å². The number of benzene rings is 2. The lowest BCUT2D eigenvalue weighted by Gasteiger charge is -2.25. The van der Waals surface area contributed by atoms with Gasteiger partial charge in [-0.25, -0.2) is 13.6 Å². The Balaban J connectivity index is 1.73. The van der Waals surface area contributed by atoms with Gasteiger partial charge in [0, 0.05) is 26.7 Å². The Morgan fingerprint density at radius 1 is 1.08 bits per heavy atom. The van der Waals surface area contributed by atoms with Crippen molar-refractivity contribution >= 4 is 6.09 Å². The van der Waals surface area contributed by atoms with Crippen molar-refractivity contribution in [3.8, 4) is 0 Å². The summed E-state index contributed by atoms with van der Waals surface area (Å²) in [6, 6.07) is 13.8. The number of carbonyl (C=O) groups excluding carboxylic acids is 1. The van der Waals surface area contributed by atoms with Gasteiger partial charge in [-0.05, 0) is 23.3 Å². The van der Waals surface area contributed by atoms with E-state index in [2.05, 4.69) is 4.90 Å². The van der Waals surface area contributed by atoms with Gasteiger partial charge in [0.15, 0.2) is 11.6 Å². The van der Waals surface area contributed by atoms with Gasteiger partial charge in [0.25, 0.3) is 0 Å². The average Bonchev–Trinajstić information content (AvgIpc) is 2.89. The van der Waals surface area contributed by atoms with Gasteiger partial charge in [0.2, 0.25) is 0 Å². The summed E-state index contributed by atoms with van der Waals surface area (Å²) in [6.07, 6.45) is -0.580. The quantitative estimate of drug-likeness (QED) is 0.803. The molecule has 3 rings (SSSR count). The fourth-order valence-corrected chi connectivity index (χ4v) is 2.96. The highest BCUT2D eigenvalue weighted by molar-refractivity contribution is 5.69. The summed E-state index contributed by atoms with van der Waals surface area (Å²) in [5.41, 5.74) is 1.77. The third-order valence-electron chi connectivity index (χ3n) is 4.16. The topological polar surface area (TPSA) is 32.8 Å². The Bertz CT molecular complexity index is 739. The summed E-state index contributed by atoms with van der Waals surface area (Å²) >= 11 is 0. The lowest BCUT2D eigenvalue weighted by molar-refractivity contribution is 0.101. The summed E-state index contributed by atoms with van der Waals surface area (Å²) in [4.78, 5) is 15.2. The van der Waals surface area contributed by atoms with E-state index in [4.69, 9.17) is 4.74 Å². The van der Waals surface area contributed by atoms with Crippen molar-refractivity contribution in [2.24, 2.45) is 0 Å². The first-order valence-corrected chi connectivity index (χ1v) is 8.13. The Morgan fingerprint density at radius 3 is 2.44 bits per heavy atom. The molecule has 0 aromatic heterocycles. The van der Waals surface area contributed by atoms with Crippen molar-refractivity contribution in [2.75, 3.05) is 20.1 Å². The van der Waals surface area contributed by atoms with E-state index >= 15 is 0 Å².